The van der Waals surface area contributed by atoms with Gasteiger partial charge in [0.2, 0.25) is 0 Å². The maximum Gasteiger partial charge on any atom is 0.00103 e. The monoisotopic (exact) mass is 214 g/mol. The Morgan fingerprint density at radius 1 is 0.800 bits per heavy atom. The second kappa shape index (κ2) is 12.0. The highest BCUT2D eigenvalue weighted by atomic mass is 14.9. The Balaban J connectivity index is 2.87. The summed E-state index contributed by atoms with van der Waals surface area (Å²) in [5.41, 5.74) is 5.44. The zero-order chi connectivity index (χ0) is 11.4. The van der Waals surface area contributed by atoms with Crippen molar-refractivity contribution in [1.82, 2.24) is 5.32 Å². The van der Waals surface area contributed by atoms with E-state index in [-0.39, 0.29) is 0 Å². The van der Waals surface area contributed by atoms with Gasteiger partial charge in [-0.25, -0.2) is 0 Å². The van der Waals surface area contributed by atoms with Crippen LogP contribution >= 0.6 is 0 Å². The predicted molar refractivity (Wildman–Crippen MR) is 69.1 cm³/mol. The molecule has 0 aliphatic rings. The molecule has 0 heterocycles. The summed E-state index contributed by atoms with van der Waals surface area (Å²) in [5.74, 6) is 0. The lowest BCUT2D eigenvalue weighted by Crippen LogP contribution is -2.23. The Kier molecular flexibility index (Phi) is 11.9. The zero-order valence-electron chi connectivity index (χ0n) is 10.7. The van der Waals surface area contributed by atoms with Crippen molar-refractivity contribution in [3.63, 3.8) is 0 Å². The van der Waals surface area contributed by atoms with Crippen molar-refractivity contribution in [3.8, 4) is 0 Å². The predicted octanol–water partition coefficient (Wildman–Crippen LogP) is 3.06. The third-order valence-corrected chi connectivity index (χ3v) is 2.68. The molecule has 0 atom stereocenters. The van der Waals surface area contributed by atoms with Gasteiger partial charge in [-0.3, -0.25) is 0 Å². The summed E-state index contributed by atoms with van der Waals surface area (Å²) in [7, 11) is 0. The molecule has 0 fully saturated rings. The van der Waals surface area contributed by atoms with Crippen LogP contribution in [0.3, 0.4) is 0 Å². The minimum atomic E-state index is 0.640. The molecule has 2 nitrogen and oxygen atoms in total. The van der Waals surface area contributed by atoms with Gasteiger partial charge in [-0.05, 0) is 25.9 Å². The molecular formula is C13H30N2. The van der Waals surface area contributed by atoms with E-state index in [1.807, 2.05) is 0 Å². The molecule has 0 radical (unpaired) electrons. The molecule has 0 saturated carbocycles. The van der Waals surface area contributed by atoms with Crippen LogP contribution in [0.15, 0.2) is 0 Å². The van der Waals surface area contributed by atoms with Crippen molar-refractivity contribution in [2.45, 2.75) is 71.3 Å². The smallest absolute Gasteiger partial charge is 0.00103 e. The Morgan fingerprint density at radius 2 is 1.27 bits per heavy atom. The van der Waals surface area contributed by atoms with E-state index >= 15 is 0 Å². The standard InChI is InChI=1S/C13H30N2/c1-13(2)15-12-10-8-6-4-3-5-7-9-11-14/h13,15H,3-12,14H2,1-2H3. The summed E-state index contributed by atoms with van der Waals surface area (Å²) in [4.78, 5) is 0. The van der Waals surface area contributed by atoms with Gasteiger partial charge in [0.25, 0.3) is 0 Å². The van der Waals surface area contributed by atoms with E-state index < -0.39 is 0 Å². The quantitative estimate of drug-likeness (QED) is 0.519. The lowest BCUT2D eigenvalue weighted by Gasteiger charge is -2.07. The largest absolute Gasteiger partial charge is 0.330 e. The van der Waals surface area contributed by atoms with E-state index in [9.17, 15) is 0 Å². The van der Waals surface area contributed by atoms with Crippen LogP contribution in [0.25, 0.3) is 0 Å². The molecule has 0 spiro atoms. The lowest BCUT2D eigenvalue weighted by atomic mass is 10.1. The van der Waals surface area contributed by atoms with Crippen molar-refractivity contribution < 1.29 is 0 Å². The van der Waals surface area contributed by atoms with Crippen molar-refractivity contribution in [2.24, 2.45) is 5.73 Å². The van der Waals surface area contributed by atoms with Gasteiger partial charge in [-0.15, -0.1) is 0 Å². The molecule has 2 heteroatoms. The molecule has 3 N–H and O–H groups in total. The molecule has 0 aromatic rings. The summed E-state index contributed by atoms with van der Waals surface area (Å²) in [6, 6.07) is 0.640. The lowest BCUT2D eigenvalue weighted by molar-refractivity contribution is 0.527. The van der Waals surface area contributed by atoms with Crippen LogP contribution in [0.4, 0.5) is 0 Å². The van der Waals surface area contributed by atoms with Crippen LogP contribution in [-0.4, -0.2) is 19.1 Å². The second-order valence-corrected chi connectivity index (χ2v) is 4.73. The first-order valence-electron chi connectivity index (χ1n) is 6.71. The van der Waals surface area contributed by atoms with Gasteiger partial charge in [-0.2, -0.15) is 0 Å². The molecule has 0 aliphatic carbocycles. The average Bonchev–Trinajstić information content (AvgIpc) is 2.20. The van der Waals surface area contributed by atoms with Gasteiger partial charge in [-0.1, -0.05) is 52.4 Å². The molecular weight excluding hydrogens is 184 g/mol. The molecule has 0 aliphatic heterocycles. The first kappa shape index (κ1) is 14.9. The Morgan fingerprint density at radius 3 is 1.73 bits per heavy atom. The van der Waals surface area contributed by atoms with Crippen molar-refractivity contribution in [3.05, 3.63) is 0 Å². The molecule has 15 heavy (non-hydrogen) atoms. The van der Waals surface area contributed by atoms with Crippen molar-refractivity contribution >= 4 is 0 Å². The average molecular weight is 214 g/mol. The fourth-order valence-corrected chi connectivity index (χ4v) is 1.72. The van der Waals surface area contributed by atoms with E-state index in [2.05, 4.69) is 19.2 Å². The maximum atomic E-state index is 5.44. The highest BCUT2D eigenvalue weighted by Crippen LogP contribution is 2.07. The number of hydrogen-bond donors (Lipinski definition) is 2. The highest BCUT2D eigenvalue weighted by Gasteiger charge is 1.93. The minimum Gasteiger partial charge on any atom is -0.330 e. The van der Waals surface area contributed by atoms with Crippen LogP contribution in [0.1, 0.15) is 65.2 Å². The Labute approximate surface area is 96.0 Å². The summed E-state index contributed by atoms with van der Waals surface area (Å²) < 4.78 is 0. The fourth-order valence-electron chi connectivity index (χ4n) is 1.72. The molecule has 0 aromatic carbocycles. The van der Waals surface area contributed by atoms with E-state index in [0.29, 0.717) is 6.04 Å². The number of unbranched alkanes of at least 4 members (excludes halogenated alkanes) is 7. The van der Waals surface area contributed by atoms with Crippen LogP contribution in [0, 0.1) is 0 Å². The third kappa shape index (κ3) is 13.9. The van der Waals surface area contributed by atoms with Crippen LogP contribution in [0.2, 0.25) is 0 Å². The molecule has 0 rings (SSSR count). The summed E-state index contributed by atoms with van der Waals surface area (Å²) in [6.45, 7) is 6.46. The molecule has 0 amide bonds. The molecule has 0 unspecified atom stereocenters. The number of nitrogens with two attached hydrogens (primary N) is 1. The summed E-state index contributed by atoms with van der Waals surface area (Å²) in [6.07, 6.45) is 10.8. The third-order valence-electron chi connectivity index (χ3n) is 2.68. The van der Waals surface area contributed by atoms with Gasteiger partial charge in [0.05, 0.1) is 0 Å². The number of hydrogen-bond acceptors (Lipinski definition) is 2. The first-order valence-corrected chi connectivity index (χ1v) is 6.71. The molecule has 0 aromatic heterocycles. The van der Waals surface area contributed by atoms with E-state index in [4.69, 9.17) is 5.73 Å². The van der Waals surface area contributed by atoms with Crippen LogP contribution in [-0.2, 0) is 0 Å². The normalized spacial score (nSPS) is 11.2. The van der Waals surface area contributed by atoms with Gasteiger partial charge in [0.15, 0.2) is 0 Å². The minimum absolute atomic E-state index is 0.640. The zero-order valence-corrected chi connectivity index (χ0v) is 10.7. The van der Waals surface area contributed by atoms with Gasteiger partial charge >= 0.3 is 0 Å². The Bertz CT molecular complexity index is 113. The number of nitrogens with one attached hydrogen (secondary N) is 1. The van der Waals surface area contributed by atoms with E-state index in [1.165, 1.54) is 57.9 Å². The van der Waals surface area contributed by atoms with Crippen LogP contribution in [0.5, 0.6) is 0 Å². The van der Waals surface area contributed by atoms with E-state index in [1.54, 1.807) is 0 Å². The second-order valence-electron chi connectivity index (χ2n) is 4.73. The van der Waals surface area contributed by atoms with E-state index in [0.717, 1.165) is 6.54 Å². The molecule has 0 bridgehead atoms. The van der Waals surface area contributed by atoms with Crippen molar-refractivity contribution in [2.75, 3.05) is 13.1 Å². The van der Waals surface area contributed by atoms with Gasteiger partial charge in [0.1, 0.15) is 0 Å². The van der Waals surface area contributed by atoms with Gasteiger partial charge < -0.3 is 11.1 Å². The van der Waals surface area contributed by atoms with Gasteiger partial charge in [0, 0.05) is 6.04 Å². The summed E-state index contributed by atoms with van der Waals surface area (Å²) in [5, 5.41) is 3.45. The van der Waals surface area contributed by atoms with Crippen LogP contribution < -0.4 is 11.1 Å². The SMILES string of the molecule is CC(C)NCCCCCCCCCCN. The molecule has 0 saturated heterocycles. The number of rotatable bonds is 11. The first-order chi connectivity index (χ1) is 7.27. The fraction of sp³-hybridized carbons (Fsp3) is 1.00. The highest BCUT2D eigenvalue weighted by molar-refractivity contribution is 4.53. The maximum absolute atomic E-state index is 5.44. The van der Waals surface area contributed by atoms with Crippen molar-refractivity contribution in [1.29, 1.82) is 0 Å². The Hall–Kier alpha value is -0.0800. The summed E-state index contributed by atoms with van der Waals surface area (Å²) >= 11 is 0. The topological polar surface area (TPSA) is 38.0 Å². The molecule has 92 valence electrons.